The largest absolute Gasteiger partial charge is 0.403 e. The van der Waals surface area contributed by atoms with Crippen LogP contribution in [0.1, 0.15) is 43.0 Å². The molecule has 0 spiro atoms. The van der Waals surface area contributed by atoms with Gasteiger partial charge in [0.15, 0.2) is 0 Å². The third kappa shape index (κ3) is 5.59. The Kier molecular flexibility index (Phi) is 7.78. The highest BCUT2D eigenvalue weighted by Crippen LogP contribution is 2.27. The molecule has 0 saturated carbocycles. The zero-order valence-corrected chi connectivity index (χ0v) is 22.4. The Labute approximate surface area is 216 Å². The normalized spacial score (nSPS) is 17.1. The van der Waals surface area contributed by atoms with Gasteiger partial charge in [-0.3, -0.25) is 10.1 Å². The first-order chi connectivity index (χ1) is 17.5. The maximum atomic E-state index is 13.1. The minimum Gasteiger partial charge on any atom is -0.403 e. The molecule has 11 nitrogen and oxygen atoms in total. The molecule has 3 aromatic rings. The van der Waals surface area contributed by atoms with Gasteiger partial charge in [-0.25, -0.2) is 21.1 Å². The summed E-state index contributed by atoms with van der Waals surface area (Å²) in [5.74, 6) is -0.450. The van der Waals surface area contributed by atoms with Gasteiger partial charge in [0.2, 0.25) is 25.9 Å². The SMILES string of the molecule is CCC1CCCCN1S(=O)(=O)c1ccc(C(=O)Nc2nnc(-c3ccc(S(=O)(=O)N(C)C)cc3)o2)cc1. The van der Waals surface area contributed by atoms with Crippen LogP contribution in [0.3, 0.4) is 0 Å². The second kappa shape index (κ2) is 10.7. The molecule has 1 fully saturated rings. The lowest BCUT2D eigenvalue weighted by atomic mass is 10.0. The highest BCUT2D eigenvalue weighted by Gasteiger charge is 2.32. The number of carbonyl (C=O) groups excluding carboxylic acids is 1. The smallest absolute Gasteiger partial charge is 0.322 e. The van der Waals surface area contributed by atoms with Crippen molar-refractivity contribution < 1.29 is 26.0 Å². The third-order valence-electron chi connectivity index (χ3n) is 6.29. The molecule has 0 radical (unpaired) electrons. The van der Waals surface area contributed by atoms with Crippen LogP contribution in [0.15, 0.2) is 62.7 Å². The van der Waals surface area contributed by atoms with Crippen molar-refractivity contribution in [1.29, 1.82) is 0 Å². The van der Waals surface area contributed by atoms with Crippen molar-refractivity contribution in [1.82, 2.24) is 18.8 Å². The van der Waals surface area contributed by atoms with E-state index < -0.39 is 26.0 Å². The van der Waals surface area contributed by atoms with Gasteiger partial charge in [0, 0.05) is 37.8 Å². The van der Waals surface area contributed by atoms with Gasteiger partial charge in [0.25, 0.3) is 5.91 Å². The molecule has 2 aromatic carbocycles. The molecule has 1 N–H and O–H groups in total. The number of nitrogens with zero attached hydrogens (tertiary/aromatic N) is 4. The number of rotatable bonds is 8. The second-order valence-electron chi connectivity index (χ2n) is 8.88. The summed E-state index contributed by atoms with van der Waals surface area (Å²) in [4.78, 5) is 12.9. The number of benzene rings is 2. The fraction of sp³-hybridized carbons (Fsp3) is 0.375. The first-order valence-electron chi connectivity index (χ1n) is 11.8. The predicted molar refractivity (Wildman–Crippen MR) is 137 cm³/mol. The molecular formula is C24H29N5O6S2. The molecule has 37 heavy (non-hydrogen) atoms. The molecular weight excluding hydrogens is 518 g/mol. The lowest BCUT2D eigenvalue weighted by Crippen LogP contribution is -2.43. The summed E-state index contributed by atoms with van der Waals surface area (Å²) in [5.41, 5.74) is 0.700. The number of sulfonamides is 2. The minimum atomic E-state index is -3.65. The monoisotopic (exact) mass is 547 g/mol. The molecule has 1 aromatic heterocycles. The summed E-state index contributed by atoms with van der Waals surface area (Å²) in [5, 5.41) is 10.2. The Bertz CT molecular complexity index is 1470. The van der Waals surface area contributed by atoms with Crippen LogP contribution in [0.4, 0.5) is 6.01 Å². The molecule has 198 valence electrons. The van der Waals surface area contributed by atoms with E-state index in [9.17, 15) is 21.6 Å². The average molecular weight is 548 g/mol. The Balaban J connectivity index is 1.44. The average Bonchev–Trinajstić information content (AvgIpc) is 3.37. The molecule has 1 saturated heterocycles. The van der Waals surface area contributed by atoms with Gasteiger partial charge in [-0.05, 0) is 67.8 Å². The second-order valence-corrected chi connectivity index (χ2v) is 12.9. The number of aromatic nitrogens is 2. The number of hydrogen-bond acceptors (Lipinski definition) is 8. The van der Waals surface area contributed by atoms with Gasteiger partial charge >= 0.3 is 6.01 Å². The van der Waals surface area contributed by atoms with E-state index in [1.165, 1.54) is 62.6 Å². The summed E-state index contributed by atoms with van der Waals surface area (Å²) in [6, 6.07) is 11.5. The summed E-state index contributed by atoms with van der Waals surface area (Å²) >= 11 is 0. The standard InChI is InChI=1S/C24H29N5O6S2/c1-4-19-7-5-6-16-29(19)37(33,34)21-12-8-17(9-13-21)22(30)25-24-27-26-23(35-24)18-10-14-20(15-11-18)36(31,32)28(2)3/h8-15,19H,4-7,16H2,1-3H3,(H,25,27,30). The topological polar surface area (TPSA) is 143 Å². The number of piperidine rings is 1. The molecule has 1 amide bonds. The Morgan fingerprint density at radius 2 is 1.65 bits per heavy atom. The fourth-order valence-electron chi connectivity index (χ4n) is 4.15. The van der Waals surface area contributed by atoms with Gasteiger partial charge in [0.05, 0.1) is 9.79 Å². The quantitative estimate of drug-likeness (QED) is 0.453. The van der Waals surface area contributed by atoms with Crippen molar-refractivity contribution >= 4 is 32.0 Å². The molecule has 2 heterocycles. The zero-order valence-electron chi connectivity index (χ0n) is 20.8. The number of nitrogens with one attached hydrogen (secondary N) is 1. The van der Waals surface area contributed by atoms with Crippen molar-refractivity contribution in [2.45, 2.75) is 48.4 Å². The zero-order chi connectivity index (χ0) is 26.8. The van der Waals surface area contributed by atoms with E-state index in [0.29, 0.717) is 12.1 Å². The summed E-state index contributed by atoms with van der Waals surface area (Å²) in [7, 11) is -4.33. The highest BCUT2D eigenvalue weighted by atomic mass is 32.2. The van der Waals surface area contributed by atoms with E-state index in [1.54, 1.807) is 4.31 Å². The summed E-state index contributed by atoms with van der Waals surface area (Å²) in [6.45, 7) is 2.48. The van der Waals surface area contributed by atoms with E-state index in [4.69, 9.17) is 4.42 Å². The van der Waals surface area contributed by atoms with E-state index in [0.717, 1.165) is 30.0 Å². The molecule has 1 aliphatic rings. The van der Waals surface area contributed by atoms with Crippen LogP contribution in [0, 0.1) is 0 Å². The fourth-order valence-corrected chi connectivity index (χ4v) is 6.82. The maximum absolute atomic E-state index is 13.1. The first-order valence-corrected chi connectivity index (χ1v) is 14.7. The lowest BCUT2D eigenvalue weighted by molar-refractivity contribution is 0.102. The van der Waals surface area contributed by atoms with Gasteiger partial charge in [-0.1, -0.05) is 18.4 Å². The molecule has 0 aliphatic carbocycles. The van der Waals surface area contributed by atoms with Crippen molar-refractivity contribution in [2.75, 3.05) is 26.0 Å². The molecule has 13 heteroatoms. The molecule has 0 bridgehead atoms. The third-order valence-corrected chi connectivity index (χ3v) is 10.1. The minimum absolute atomic E-state index is 0.0120. The molecule has 1 aliphatic heterocycles. The number of amides is 1. The van der Waals surface area contributed by atoms with Crippen LogP contribution < -0.4 is 5.32 Å². The van der Waals surface area contributed by atoms with E-state index >= 15 is 0 Å². The molecule has 1 unspecified atom stereocenters. The van der Waals surface area contributed by atoms with Gasteiger partial charge in [-0.15, -0.1) is 5.10 Å². The van der Waals surface area contributed by atoms with Gasteiger partial charge < -0.3 is 4.42 Å². The van der Waals surface area contributed by atoms with Crippen LogP contribution in [0.5, 0.6) is 0 Å². The van der Waals surface area contributed by atoms with Crippen molar-refractivity contribution in [3.05, 3.63) is 54.1 Å². The van der Waals surface area contributed by atoms with E-state index in [-0.39, 0.29) is 33.3 Å². The van der Waals surface area contributed by atoms with Crippen molar-refractivity contribution in [3.63, 3.8) is 0 Å². The Morgan fingerprint density at radius 3 is 2.27 bits per heavy atom. The predicted octanol–water partition coefficient (Wildman–Crippen LogP) is 3.19. The van der Waals surface area contributed by atoms with Crippen molar-refractivity contribution in [3.8, 4) is 11.5 Å². The van der Waals surface area contributed by atoms with Gasteiger partial charge in [0.1, 0.15) is 0 Å². The summed E-state index contributed by atoms with van der Waals surface area (Å²) < 4.78 is 58.9. The van der Waals surface area contributed by atoms with Crippen LogP contribution >= 0.6 is 0 Å². The van der Waals surface area contributed by atoms with E-state index in [1.807, 2.05) is 6.92 Å². The number of carbonyl (C=O) groups is 1. The molecule has 1 atom stereocenters. The Hall–Kier alpha value is -3.13. The van der Waals surface area contributed by atoms with Crippen LogP contribution in [0.25, 0.3) is 11.5 Å². The first kappa shape index (κ1) is 26.9. The Morgan fingerprint density at radius 1 is 1.00 bits per heavy atom. The van der Waals surface area contributed by atoms with Crippen LogP contribution in [-0.2, 0) is 20.0 Å². The van der Waals surface area contributed by atoms with Crippen LogP contribution in [0.2, 0.25) is 0 Å². The molecule has 4 rings (SSSR count). The highest BCUT2D eigenvalue weighted by molar-refractivity contribution is 7.89. The number of hydrogen-bond donors (Lipinski definition) is 1. The van der Waals surface area contributed by atoms with Crippen LogP contribution in [-0.4, -0.2) is 68.2 Å². The van der Waals surface area contributed by atoms with Gasteiger partial charge in [-0.2, -0.15) is 4.31 Å². The maximum Gasteiger partial charge on any atom is 0.322 e. The number of anilines is 1. The lowest BCUT2D eigenvalue weighted by Gasteiger charge is -2.34. The van der Waals surface area contributed by atoms with Crippen molar-refractivity contribution in [2.24, 2.45) is 0 Å². The van der Waals surface area contributed by atoms with E-state index in [2.05, 4.69) is 15.5 Å². The summed E-state index contributed by atoms with van der Waals surface area (Å²) in [6.07, 6.45) is 3.46.